The molecule has 1 heteroatoms. The van der Waals surface area contributed by atoms with Crippen LogP contribution in [0.4, 0.5) is 0 Å². The van der Waals surface area contributed by atoms with Crippen LogP contribution < -0.4 is 0 Å². The quantitative estimate of drug-likeness (QED) is 0.596. The van der Waals surface area contributed by atoms with Crippen LogP contribution in [0.5, 0.6) is 0 Å². The van der Waals surface area contributed by atoms with E-state index >= 15 is 0 Å². The van der Waals surface area contributed by atoms with E-state index in [1.54, 1.807) is 7.11 Å². The van der Waals surface area contributed by atoms with Crippen molar-refractivity contribution in [2.24, 2.45) is 11.8 Å². The molecule has 0 fully saturated rings. The van der Waals surface area contributed by atoms with E-state index in [1.807, 2.05) is 0 Å². The molecule has 1 radical (unpaired) electrons. The van der Waals surface area contributed by atoms with E-state index in [1.165, 1.54) is 0 Å². The van der Waals surface area contributed by atoms with Crippen molar-refractivity contribution in [1.29, 1.82) is 0 Å². The highest BCUT2D eigenvalue weighted by atomic mass is 16.5. The van der Waals surface area contributed by atoms with Gasteiger partial charge >= 0.3 is 0 Å². The van der Waals surface area contributed by atoms with Gasteiger partial charge in [-0.1, -0.05) is 27.7 Å². The first-order valence-corrected chi connectivity index (χ1v) is 4.43. The monoisotopic (exact) mass is 157 g/mol. The van der Waals surface area contributed by atoms with Crippen molar-refractivity contribution < 1.29 is 4.74 Å². The lowest BCUT2D eigenvalue weighted by molar-refractivity contribution is 0.0545. The van der Waals surface area contributed by atoms with Crippen LogP contribution in [-0.4, -0.2) is 13.2 Å². The summed E-state index contributed by atoms with van der Waals surface area (Å²) in [6.45, 7) is 10.5. The molecular formula is C10H21O. The third kappa shape index (κ3) is 5.25. The van der Waals surface area contributed by atoms with Crippen molar-refractivity contribution in [3.63, 3.8) is 0 Å². The Morgan fingerprint density at radius 2 is 1.73 bits per heavy atom. The van der Waals surface area contributed by atoms with Crippen molar-refractivity contribution in [1.82, 2.24) is 0 Å². The molecule has 0 saturated carbocycles. The number of methoxy groups -OCH3 is 1. The summed E-state index contributed by atoms with van der Waals surface area (Å²) in [5.74, 6) is 1.17. The number of hydrogen-bond donors (Lipinski definition) is 0. The Balaban J connectivity index is 3.52. The van der Waals surface area contributed by atoms with E-state index in [0.29, 0.717) is 17.9 Å². The summed E-state index contributed by atoms with van der Waals surface area (Å²) in [7, 11) is 1.79. The molecular weight excluding hydrogens is 136 g/mol. The van der Waals surface area contributed by atoms with E-state index in [-0.39, 0.29) is 0 Å². The zero-order valence-electron chi connectivity index (χ0n) is 8.26. The van der Waals surface area contributed by atoms with Crippen LogP contribution in [0.3, 0.4) is 0 Å². The standard InChI is InChI=1S/C10H21O/c1-8(2)6-7-10(11-5)9(3)4/h8-10H,1,6-7H2,2-5H3. The Bertz CT molecular complexity index is 86.9. The van der Waals surface area contributed by atoms with Gasteiger partial charge in [-0.05, 0) is 24.7 Å². The molecule has 2 atom stereocenters. The lowest BCUT2D eigenvalue weighted by Crippen LogP contribution is -2.18. The second-order valence-corrected chi connectivity index (χ2v) is 3.70. The molecule has 11 heavy (non-hydrogen) atoms. The Morgan fingerprint density at radius 3 is 2.00 bits per heavy atom. The average Bonchev–Trinajstić information content (AvgIpc) is 1.87. The van der Waals surface area contributed by atoms with E-state index in [9.17, 15) is 0 Å². The lowest BCUT2D eigenvalue weighted by atomic mass is 9.98. The molecule has 0 bridgehead atoms. The van der Waals surface area contributed by atoms with Gasteiger partial charge in [0.15, 0.2) is 0 Å². The topological polar surface area (TPSA) is 9.23 Å². The van der Waals surface area contributed by atoms with Crippen molar-refractivity contribution in [3.8, 4) is 0 Å². The summed E-state index contributed by atoms with van der Waals surface area (Å²) >= 11 is 0. The van der Waals surface area contributed by atoms with Gasteiger partial charge in [-0.25, -0.2) is 0 Å². The summed E-state index contributed by atoms with van der Waals surface area (Å²) in [5.41, 5.74) is 0. The molecule has 0 aromatic heterocycles. The maximum absolute atomic E-state index is 5.33. The van der Waals surface area contributed by atoms with Gasteiger partial charge in [-0.3, -0.25) is 0 Å². The summed E-state index contributed by atoms with van der Waals surface area (Å²) in [6, 6.07) is 0. The smallest absolute Gasteiger partial charge is 0.0594 e. The maximum Gasteiger partial charge on any atom is 0.0594 e. The van der Waals surface area contributed by atoms with Crippen LogP contribution >= 0.6 is 0 Å². The molecule has 0 heterocycles. The predicted molar refractivity (Wildman–Crippen MR) is 49.4 cm³/mol. The van der Waals surface area contributed by atoms with Gasteiger partial charge in [0.1, 0.15) is 0 Å². The molecule has 2 unspecified atom stereocenters. The third-order valence-electron chi connectivity index (χ3n) is 1.99. The van der Waals surface area contributed by atoms with Crippen LogP contribution in [0, 0.1) is 18.8 Å². The number of hydrogen-bond acceptors (Lipinski definition) is 1. The minimum absolute atomic E-state index is 0.416. The van der Waals surface area contributed by atoms with Gasteiger partial charge in [-0.15, -0.1) is 0 Å². The molecule has 0 aliphatic rings. The van der Waals surface area contributed by atoms with Crippen molar-refractivity contribution in [2.45, 2.75) is 39.7 Å². The first-order chi connectivity index (χ1) is 5.07. The van der Waals surface area contributed by atoms with Crippen LogP contribution in [0.25, 0.3) is 0 Å². The van der Waals surface area contributed by atoms with Crippen molar-refractivity contribution in [3.05, 3.63) is 6.92 Å². The molecule has 1 nitrogen and oxygen atoms in total. The Morgan fingerprint density at radius 1 is 1.18 bits per heavy atom. The van der Waals surface area contributed by atoms with Gasteiger partial charge in [0.05, 0.1) is 6.10 Å². The molecule has 0 aromatic carbocycles. The zero-order valence-corrected chi connectivity index (χ0v) is 8.26. The molecule has 0 N–H and O–H groups in total. The fourth-order valence-electron chi connectivity index (χ4n) is 1.17. The van der Waals surface area contributed by atoms with Crippen molar-refractivity contribution in [2.75, 3.05) is 7.11 Å². The second-order valence-electron chi connectivity index (χ2n) is 3.70. The normalized spacial score (nSPS) is 14.5. The Labute approximate surface area is 71.1 Å². The SMILES string of the molecule is [CH2]C(C)CCC(OC)C(C)C. The van der Waals surface area contributed by atoms with Crippen LogP contribution in [0.2, 0.25) is 0 Å². The van der Waals surface area contributed by atoms with Crippen LogP contribution in [-0.2, 0) is 4.74 Å². The minimum Gasteiger partial charge on any atom is -0.381 e. The Kier molecular flexibility index (Phi) is 5.57. The lowest BCUT2D eigenvalue weighted by Gasteiger charge is -2.19. The predicted octanol–water partition coefficient (Wildman–Crippen LogP) is 2.91. The molecule has 0 aliphatic heterocycles. The van der Waals surface area contributed by atoms with E-state index < -0.39 is 0 Å². The minimum atomic E-state index is 0.416. The Hall–Kier alpha value is -0.0400. The van der Waals surface area contributed by atoms with Gasteiger partial charge < -0.3 is 4.74 Å². The molecule has 0 aromatic rings. The van der Waals surface area contributed by atoms with Gasteiger partial charge in [0.2, 0.25) is 0 Å². The second kappa shape index (κ2) is 5.59. The van der Waals surface area contributed by atoms with E-state index in [4.69, 9.17) is 4.74 Å². The van der Waals surface area contributed by atoms with Crippen LogP contribution in [0.15, 0.2) is 0 Å². The number of rotatable bonds is 5. The fraction of sp³-hybridized carbons (Fsp3) is 0.900. The first-order valence-electron chi connectivity index (χ1n) is 4.43. The highest BCUT2D eigenvalue weighted by Crippen LogP contribution is 2.15. The molecule has 67 valence electrons. The third-order valence-corrected chi connectivity index (χ3v) is 1.99. The molecule has 0 rings (SSSR count). The molecule has 0 saturated heterocycles. The highest BCUT2D eigenvalue weighted by molar-refractivity contribution is 4.64. The molecule has 0 amide bonds. The van der Waals surface area contributed by atoms with Crippen LogP contribution in [0.1, 0.15) is 33.6 Å². The fourth-order valence-corrected chi connectivity index (χ4v) is 1.17. The average molecular weight is 157 g/mol. The van der Waals surface area contributed by atoms with Gasteiger partial charge in [0.25, 0.3) is 0 Å². The molecule has 0 spiro atoms. The van der Waals surface area contributed by atoms with E-state index in [0.717, 1.165) is 12.8 Å². The van der Waals surface area contributed by atoms with Gasteiger partial charge in [0, 0.05) is 7.11 Å². The summed E-state index contributed by atoms with van der Waals surface area (Å²) in [5, 5.41) is 0. The highest BCUT2D eigenvalue weighted by Gasteiger charge is 2.11. The number of ether oxygens (including phenoxy) is 1. The van der Waals surface area contributed by atoms with E-state index in [2.05, 4.69) is 27.7 Å². The largest absolute Gasteiger partial charge is 0.381 e. The molecule has 0 aliphatic carbocycles. The maximum atomic E-state index is 5.33. The van der Waals surface area contributed by atoms with Crippen molar-refractivity contribution >= 4 is 0 Å². The zero-order chi connectivity index (χ0) is 8.85. The summed E-state index contributed by atoms with van der Waals surface area (Å²) in [6.07, 6.45) is 2.72. The summed E-state index contributed by atoms with van der Waals surface area (Å²) < 4.78 is 5.33. The van der Waals surface area contributed by atoms with Gasteiger partial charge in [-0.2, -0.15) is 0 Å². The first kappa shape index (κ1) is 11.0. The summed E-state index contributed by atoms with van der Waals surface area (Å²) in [4.78, 5) is 0.